The lowest BCUT2D eigenvalue weighted by Crippen LogP contribution is -2.30. The summed E-state index contributed by atoms with van der Waals surface area (Å²) in [5.74, 6) is 0.596. The van der Waals surface area contributed by atoms with Gasteiger partial charge in [-0.25, -0.2) is 0 Å². The number of nitrogens with one attached hydrogen (secondary N) is 1. The Bertz CT molecular complexity index is 525. The topological polar surface area (TPSA) is 38.3 Å². The summed E-state index contributed by atoms with van der Waals surface area (Å²) in [6, 6.07) is 11.6. The van der Waals surface area contributed by atoms with Crippen molar-refractivity contribution in [1.82, 2.24) is 5.32 Å². The van der Waals surface area contributed by atoms with Crippen LogP contribution in [0.5, 0.6) is 5.75 Å². The number of halogens is 1. The molecule has 100 valence electrons. The normalized spacial score (nSPS) is 11.9. The second-order valence-corrected chi connectivity index (χ2v) is 6.27. The molecule has 1 N–H and O–H groups in total. The molecule has 0 spiro atoms. The fourth-order valence-corrected chi connectivity index (χ4v) is 2.67. The second-order valence-electron chi connectivity index (χ2n) is 4.05. The van der Waals surface area contributed by atoms with Crippen LogP contribution in [0, 0.1) is 3.57 Å². The number of amides is 1. The molecule has 3 nitrogen and oxygen atoms in total. The molecule has 0 saturated heterocycles. The smallest absolute Gasteiger partial charge is 0.258 e. The second kappa shape index (κ2) is 6.91. The number of thiophene rings is 1. The maximum atomic E-state index is 11.8. The zero-order chi connectivity index (χ0) is 13.7. The van der Waals surface area contributed by atoms with Crippen molar-refractivity contribution in [3.05, 3.63) is 50.2 Å². The first-order valence-electron chi connectivity index (χ1n) is 5.86. The van der Waals surface area contributed by atoms with E-state index in [0.717, 1.165) is 8.45 Å². The Kier molecular flexibility index (Phi) is 5.21. The average Bonchev–Trinajstić information content (AvgIpc) is 2.92. The predicted molar refractivity (Wildman–Crippen MR) is 85.5 cm³/mol. The summed E-state index contributed by atoms with van der Waals surface area (Å²) in [7, 11) is 0. The zero-order valence-corrected chi connectivity index (χ0v) is 13.4. The van der Waals surface area contributed by atoms with Crippen LogP contribution in [0.3, 0.4) is 0 Å². The third-order valence-electron chi connectivity index (χ3n) is 2.53. The Balaban J connectivity index is 1.80. The van der Waals surface area contributed by atoms with Crippen LogP contribution in [0.25, 0.3) is 0 Å². The zero-order valence-electron chi connectivity index (χ0n) is 10.4. The Morgan fingerprint density at radius 3 is 2.74 bits per heavy atom. The molecule has 1 amide bonds. The van der Waals surface area contributed by atoms with E-state index in [1.54, 1.807) is 11.3 Å². The minimum absolute atomic E-state index is 0.0211. The van der Waals surface area contributed by atoms with Crippen LogP contribution in [-0.2, 0) is 4.79 Å². The molecule has 19 heavy (non-hydrogen) atoms. The minimum Gasteiger partial charge on any atom is -0.484 e. The van der Waals surface area contributed by atoms with E-state index < -0.39 is 0 Å². The van der Waals surface area contributed by atoms with Crippen LogP contribution in [0.15, 0.2) is 41.8 Å². The van der Waals surface area contributed by atoms with Gasteiger partial charge in [-0.05, 0) is 65.2 Å². The lowest BCUT2D eigenvalue weighted by atomic mass is 10.3. The molecule has 0 radical (unpaired) electrons. The Labute approximate surface area is 130 Å². The Morgan fingerprint density at radius 1 is 1.37 bits per heavy atom. The first-order valence-corrected chi connectivity index (χ1v) is 7.82. The van der Waals surface area contributed by atoms with Crippen LogP contribution < -0.4 is 10.1 Å². The molecular weight excluding hydrogens is 373 g/mol. The number of hydrogen-bond acceptors (Lipinski definition) is 3. The predicted octanol–water partition coefficient (Wildman–Crippen LogP) is 3.61. The molecule has 0 aliphatic rings. The molecule has 0 fully saturated rings. The van der Waals surface area contributed by atoms with Gasteiger partial charge in [0.1, 0.15) is 5.75 Å². The third kappa shape index (κ3) is 4.50. The van der Waals surface area contributed by atoms with Gasteiger partial charge in [0.2, 0.25) is 0 Å². The van der Waals surface area contributed by atoms with Gasteiger partial charge in [0.15, 0.2) is 6.61 Å². The van der Waals surface area contributed by atoms with E-state index in [4.69, 9.17) is 4.74 Å². The molecule has 1 aromatic heterocycles. The highest BCUT2D eigenvalue weighted by molar-refractivity contribution is 14.1. The van der Waals surface area contributed by atoms with E-state index in [1.165, 1.54) is 0 Å². The van der Waals surface area contributed by atoms with Gasteiger partial charge in [-0.2, -0.15) is 0 Å². The van der Waals surface area contributed by atoms with Crippen LogP contribution >= 0.6 is 33.9 Å². The van der Waals surface area contributed by atoms with Crippen LogP contribution in [0.4, 0.5) is 0 Å². The van der Waals surface area contributed by atoms with Crippen molar-refractivity contribution in [2.24, 2.45) is 0 Å². The van der Waals surface area contributed by atoms with Gasteiger partial charge >= 0.3 is 0 Å². The van der Waals surface area contributed by atoms with Gasteiger partial charge < -0.3 is 10.1 Å². The molecule has 0 saturated carbocycles. The first-order chi connectivity index (χ1) is 9.15. The van der Waals surface area contributed by atoms with Gasteiger partial charge in [0, 0.05) is 8.45 Å². The summed E-state index contributed by atoms with van der Waals surface area (Å²) in [6.45, 7) is 2.00. The molecule has 1 atom stereocenters. The van der Waals surface area contributed by atoms with Gasteiger partial charge in [-0.3, -0.25) is 4.79 Å². The fourth-order valence-electron chi connectivity index (χ4n) is 1.57. The highest BCUT2D eigenvalue weighted by Crippen LogP contribution is 2.18. The maximum absolute atomic E-state index is 11.8. The fraction of sp³-hybridized carbons (Fsp3) is 0.214. The monoisotopic (exact) mass is 387 g/mol. The van der Waals surface area contributed by atoms with E-state index in [2.05, 4.69) is 27.9 Å². The minimum atomic E-state index is -0.112. The van der Waals surface area contributed by atoms with Crippen LogP contribution in [0.1, 0.15) is 17.8 Å². The van der Waals surface area contributed by atoms with Gasteiger partial charge in [0.25, 0.3) is 5.91 Å². The number of carbonyl (C=O) groups is 1. The van der Waals surface area contributed by atoms with E-state index in [-0.39, 0.29) is 18.6 Å². The van der Waals surface area contributed by atoms with E-state index in [1.807, 2.05) is 48.7 Å². The Morgan fingerprint density at radius 2 is 2.11 bits per heavy atom. The van der Waals surface area contributed by atoms with E-state index in [0.29, 0.717) is 5.75 Å². The molecule has 1 unspecified atom stereocenters. The maximum Gasteiger partial charge on any atom is 0.258 e. The standard InChI is InChI=1S/C14H14INO2S/c1-10(13-3-2-8-19-13)16-14(17)9-18-12-6-4-11(15)5-7-12/h2-8,10H,9H2,1H3,(H,16,17). The van der Waals surface area contributed by atoms with E-state index in [9.17, 15) is 4.79 Å². The number of carbonyl (C=O) groups excluding carboxylic acids is 1. The molecule has 0 bridgehead atoms. The third-order valence-corrected chi connectivity index (χ3v) is 4.31. The summed E-state index contributed by atoms with van der Waals surface area (Å²) in [5, 5.41) is 4.91. The number of rotatable bonds is 5. The van der Waals surface area contributed by atoms with Crippen molar-refractivity contribution >= 4 is 39.8 Å². The highest BCUT2D eigenvalue weighted by atomic mass is 127. The van der Waals surface area contributed by atoms with Crippen molar-refractivity contribution in [2.45, 2.75) is 13.0 Å². The summed E-state index contributed by atoms with van der Waals surface area (Å²) in [6.07, 6.45) is 0. The highest BCUT2D eigenvalue weighted by Gasteiger charge is 2.10. The molecule has 1 aromatic carbocycles. The van der Waals surface area contributed by atoms with Crippen LogP contribution in [-0.4, -0.2) is 12.5 Å². The van der Waals surface area contributed by atoms with Gasteiger partial charge in [-0.1, -0.05) is 6.07 Å². The van der Waals surface area contributed by atoms with Crippen molar-refractivity contribution in [3.63, 3.8) is 0 Å². The Hall–Kier alpha value is -1.08. The summed E-state index contributed by atoms with van der Waals surface area (Å²) in [5.41, 5.74) is 0. The average molecular weight is 387 g/mol. The summed E-state index contributed by atoms with van der Waals surface area (Å²) < 4.78 is 6.57. The lowest BCUT2D eigenvalue weighted by molar-refractivity contribution is -0.123. The van der Waals surface area contributed by atoms with Gasteiger partial charge in [-0.15, -0.1) is 11.3 Å². The van der Waals surface area contributed by atoms with Gasteiger partial charge in [0.05, 0.1) is 6.04 Å². The number of ether oxygens (including phenoxy) is 1. The molecule has 1 heterocycles. The van der Waals surface area contributed by atoms with Crippen molar-refractivity contribution < 1.29 is 9.53 Å². The molecule has 5 heteroatoms. The first kappa shape index (κ1) is 14.3. The van der Waals surface area contributed by atoms with Crippen molar-refractivity contribution in [1.29, 1.82) is 0 Å². The quantitative estimate of drug-likeness (QED) is 0.797. The van der Waals surface area contributed by atoms with E-state index >= 15 is 0 Å². The summed E-state index contributed by atoms with van der Waals surface area (Å²) in [4.78, 5) is 12.9. The number of benzene rings is 1. The van der Waals surface area contributed by atoms with Crippen molar-refractivity contribution in [3.8, 4) is 5.75 Å². The van der Waals surface area contributed by atoms with Crippen molar-refractivity contribution in [2.75, 3.05) is 6.61 Å². The van der Waals surface area contributed by atoms with Crippen LogP contribution in [0.2, 0.25) is 0 Å². The molecule has 0 aliphatic carbocycles. The summed E-state index contributed by atoms with van der Waals surface area (Å²) >= 11 is 3.86. The SMILES string of the molecule is CC(NC(=O)COc1ccc(I)cc1)c1cccs1. The number of hydrogen-bond donors (Lipinski definition) is 1. The molecule has 2 rings (SSSR count). The molecular formula is C14H14INO2S. The molecule has 2 aromatic rings. The lowest BCUT2D eigenvalue weighted by Gasteiger charge is -2.12. The molecule has 0 aliphatic heterocycles. The largest absolute Gasteiger partial charge is 0.484 e.